The summed E-state index contributed by atoms with van der Waals surface area (Å²) >= 11 is 0. The molecule has 1 aromatic rings. The number of ether oxygens (including phenoxy) is 1. The first-order valence-corrected chi connectivity index (χ1v) is 4.64. The molecule has 0 aliphatic rings. The molecule has 0 radical (unpaired) electrons. The van der Waals surface area contributed by atoms with E-state index in [1.807, 2.05) is 26.8 Å². The van der Waals surface area contributed by atoms with E-state index in [9.17, 15) is 0 Å². The molecule has 4 heteroatoms. The number of aryl methyl sites for hydroxylation is 1. The maximum atomic E-state index is 9.12. The molecule has 0 saturated heterocycles. The van der Waals surface area contributed by atoms with Crippen LogP contribution >= 0.6 is 0 Å². The molecule has 0 heterocycles. The third kappa shape index (κ3) is 2.50. The molecule has 0 spiro atoms. The number of hydrogen-bond acceptors (Lipinski definition) is 3. The SMILES string of the molecule is Cc1cccc(B(O)O)c1OC(C)C. The summed E-state index contributed by atoms with van der Waals surface area (Å²) in [5, 5.41) is 18.2. The molecular weight excluding hydrogens is 179 g/mol. The smallest absolute Gasteiger partial charge is 0.491 e. The van der Waals surface area contributed by atoms with Crippen LogP contribution in [0.1, 0.15) is 19.4 Å². The minimum absolute atomic E-state index is 0.0219. The minimum Gasteiger partial charge on any atom is -0.491 e. The lowest BCUT2D eigenvalue weighted by Gasteiger charge is -2.16. The Balaban J connectivity index is 3.09. The van der Waals surface area contributed by atoms with Crippen molar-refractivity contribution in [1.29, 1.82) is 0 Å². The van der Waals surface area contributed by atoms with Gasteiger partial charge in [-0.2, -0.15) is 0 Å². The predicted molar refractivity (Wildman–Crippen MR) is 56.8 cm³/mol. The Morgan fingerprint density at radius 3 is 2.43 bits per heavy atom. The van der Waals surface area contributed by atoms with Gasteiger partial charge in [0.1, 0.15) is 5.75 Å². The molecule has 0 aliphatic carbocycles. The van der Waals surface area contributed by atoms with Crippen molar-refractivity contribution < 1.29 is 14.8 Å². The molecule has 1 aromatic carbocycles. The first-order chi connectivity index (χ1) is 6.52. The lowest BCUT2D eigenvalue weighted by molar-refractivity contribution is 0.242. The Hall–Kier alpha value is -0.995. The highest BCUT2D eigenvalue weighted by Gasteiger charge is 2.18. The Morgan fingerprint density at radius 1 is 1.29 bits per heavy atom. The number of rotatable bonds is 3. The van der Waals surface area contributed by atoms with Crippen LogP contribution in [0.5, 0.6) is 5.75 Å². The fourth-order valence-corrected chi connectivity index (χ4v) is 1.28. The van der Waals surface area contributed by atoms with Crippen molar-refractivity contribution in [3.8, 4) is 5.75 Å². The Bertz CT molecular complexity index is 310. The average molecular weight is 194 g/mol. The first kappa shape index (κ1) is 11.1. The van der Waals surface area contributed by atoms with E-state index >= 15 is 0 Å². The van der Waals surface area contributed by atoms with Gasteiger partial charge in [0.15, 0.2) is 0 Å². The van der Waals surface area contributed by atoms with E-state index in [-0.39, 0.29) is 6.10 Å². The van der Waals surface area contributed by atoms with Crippen molar-refractivity contribution >= 4 is 12.6 Å². The van der Waals surface area contributed by atoms with Crippen LogP contribution in [-0.4, -0.2) is 23.3 Å². The third-order valence-corrected chi connectivity index (χ3v) is 1.87. The molecule has 0 aliphatic heterocycles. The van der Waals surface area contributed by atoms with E-state index in [4.69, 9.17) is 14.8 Å². The number of hydrogen-bond donors (Lipinski definition) is 2. The highest BCUT2D eigenvalue weighted by Crippen LogP contribution is 2.16. The number of para-hydroxylation sites is 1. The highest BCUT2D eigenvalue weighted by atomic mass is 16.5. The predicted octanol–water partition coefficient (Wildman–Crippen LogP) is 0.462. The van der Waals surface area contributed by atoms with E-state index in [0.29, 0.717) is 11.2 Å². The lowest BCUT2D eigenvalue weighted by atomic mass is 9.78. The second-order valence-electron chi connectivity index (χ2n) is 3.53. The molecule has 0 unspecified atom stereocenters. The van der Waals surface area contributed by atoms with Crippen LogP contribution in [0.2, 0.25) is 0 Å². The van der Waals surface area contributed by atoms with E-state index in [1.165, 1.54) is 0 Å². The van der Waals surface area contributed by atoms with Gasteiger partial charge in [-0.15, -0.1) is 0 Å². The third-order valence-electron chi connectivity index (χ3n) is 1.87. The molecule has 0 atom stereocenters. The van der Waals surface area contributed by atoms with Crippen LogP contribution < -0.4 is 10.2 Å². The van der Waals surface area contributed by atoms with Crippen LogP contribution in [0.3, 0.4) is 0 Å². The zero-order valence-corrected chi connectivity index (χ0v) is 8.69. The largest absolute Gasteiger partial charge is 0.492 e. The van der Waals surface area contributed by atoms with Crippen molar-refractivity contribution in [3.63, 3.8) is 0 Å². The second-order valence-corrected chi connectivity index (χ2v) is 3.53. The summed E-state index contributed by atoms with van der Waals surface area (Å²) in [5.74, 6) is 0.567. The van der Waals surface area contributed by atoms with Crippen LogP contribution in [0.25, 0.3) is 0 Å². The van der Waals surface area contributed by atoms with Gasteiger partial charge in [0.25, 0.3) is 0 Å². The van der Waals surface area contributed by atoms with E-state index in [0.717, 1.165) is 5.56 Å². The van der Waals surface area contributed by atoms with Crippen LogP contribution in [-0.2, 0) is 0 Å². The summed E-state index contributed by atoms with van der Waals surface area (Å²) in [5.41, 5.74) is 1.32. The highest BCUT2D eigenvalue weighted by molar-refractivity contribution is 6.59. The molecule has 1 rings (SSSR count). The summed E-state index contributed by atoms with van der Waals surface area (Å²) in [6.07, 6.45) is 0.0219. The Morgan fingerprint density at radius 2 is 1.93 bits per heavy atom. The average Bonchev–Trinajstić information content (AvgIpc) is 2.07. The van der Waals surface area contributed by atoms with Gasteiger partial charge in [-0.3, -0.25) is 0 Å². The molecule has 76 valence electrons. The van der Waals surface area contributed by atoms with Crippen molar-refractivity contribution in [2.75, 3.05) is 0 Å². The van der Waals surface area contributed by atoms with Gasteiger partial charge in [-0.25, -0.2) is 0 Å². The summed E-state index contributed by atoms with van der Waals surface area (Å²) in [7, 11) is -1.48. The van der Waals surface area contributed by atoms with E-state index in [2.05, 4.69) is 0 Å². The molecule has 14 heavy (non-hydrogen) atoms. The molecular formula is C10H15BO3. The van der Waals surface area contributed by atoms with Gasteiger partial charge in [-0.1, -0.05) is 18.2 Å². The standard InChI is InChI=1S/C10H15BO3/c1-7(2)14-10-8(3)5-4-6-9(10)11(12)13/h4-7,12-13H,1-3H3. The first-order valence-electron chi connectivity index (χ1n) is 4.64. The maximum Gasteiger partial charge on any atom is 0.492 e. The van der Waals surface area contributed by atoms with E-state index in [1.54, 1.807) is 12.1 Å². The molecule has 0 aromatic heterocycles. The van der Waals surface area contributed by atoms with Crippen LogP contribution in [0, 0.1) is 6.92 Å². The lowest BCUT2D eigenvalue weighted by Crippen LogP contribution is -2.32. The summed E-state index contributed by atoms with van der Waals surface area (Å²) in [6.45, 7) is 5.68. The Kier molecular flexibility index (Phi) is 3.55. The van der Waals surface area contributed by atoms with Crippen molar-refractivity contribution in [3.05, 3.63) is 23.8 Å². The monoisotopic (exact) mass is 194 g/mol. The summed E-state index contributed by atoms with van der Waals surface area (Å²) in [6, 6.07) is 5.30. The van der Waals surface area contributed by atoms with E-state index < -0.39 is 7.12 Å². The van der Waals surface area contributed by atoms with Gasteiger partial charge >= 0.3 is 7.12 Å². The molecule has 0 fully saturated rings. The van der Waals surface area contributed by atoms with Crippen LogP contribution in [0.4, 0.5) is 0 Å². The topological polar surface area (TPSA) is 49.7 Å². The van der Waals surface area contributed by atoms with Gasteiger partial charge in [-0.05, 0) is 26.3 Å². The van der Waals surface area contributed by atoms with Gasteiger partial charge in [0.2, 0.25) is 0 Å². The zero-order chi connectivity index (χ0) is 10.7. The van der Waals surface area contributed by atoms with Crippen LogP contribution in [0.15, 0.2) is 18.2 Å². The van der Waals surface area contributed by atoms with Gasteiger partial charge in [0, 0.05) is 5.46 Å². The summed E-state index contributed by atoms with van der Waals surface area (Å²) < 4.78 is 5.52. The van der Waals surface area contributed by atoms with Crippen molar-refractivity contribution in [2.45, 2.75) is 26.9 Å². The van der Waals surface area contributed by atoms with Gasteiger partial charge < -0.3 is 14.8 Å². The normalized spacial score (nSPS) is 10.4. The minimum atomic E-state index is -1.48. The molecule has 0 bridgehead atoms. The van der Waals surface area contributed by atoms with Crippen molar-refractivity contribution in [2.24, 2.45) is 0 Å². The molecule has 3 nitrogen and oxygen atoms in total. The molecule has 0 amide bonds. The number of benzene rings is 1. The fourth-order valence-electron chi connectivity index (χ4n) is 1.28. The van der Waals surface area contributed by atoms with Gasteiger partial charge in [0.05, 0.1) is 6.10 Å². The second kappa shape index (κ2) is 4.48. The Labute approximate surface area is 84.5 Å². The molecule has 2 N–H and O–H groups in total. The molecule has 0 saturated carbocycles. The maximum absolute atomic E-state index is 9.12. The van der Waals surface area contributed by atoms with Crippen molar-refractivity contribution in [1.82, 2.24) is 0 Å². The quantitative estimate of drug-likeness (QED) is 0.687. The zero-order valence-electron chi connectivity index (χ0n) is 8.69. The fraction of sp³-hybridized carbons (Fsp3) is 0.400. The summed E-state index contributed by atoms with van der Waals surface area (Å²) in [4.78, 5) is 0.